The van der Waals surface area contributed by atoms with Crippen molar-refractivity contribution in [2.75, 3.05) is 0 Å². The minimum Gasteiger partial charge on any atom is -0.434 e. The van der Waals surface area contributed by atoms with E-state index in [-0.39, 0.29) is 11.0 Å². The molecule has 0 aliphatic carbocycles. The molecule has 6 nitrogen and oxygen atoms in total. The first-order valence-corrected chi connectivity index (χ1v) is 5.91. The van der Waals surface area contributed by atoms with Gasteiger partial charge in [-0.25, -0.2) is 4.98 Å². The van der Waals surface area contributed by atoms with E-state index in [1.54, 1.807) is 12.1 Å². The summed E-state index contributed by atoms with van der Waals surface area (Å²) in [5.74, 6) is 0.301. The maximum atomic E-state index is 10.9. The average molecular weight is 280 g/mol. The molecule has 0 N–H and O–H groups in total. The molecule has 0 fully saturated rings. The van der Waals surface area contributed by atoms with Crippen LogP contribution in [0.15, 0.2) is 30.6 Å². The summed E-state index contributed by atoms with van der Waals surface area (Å²) in [5.41, 5.74) is 0.617. The highest BCUT2D eigenvalue weighted by atomic mass is 35.5. The minimum atomic E-state index is -0.665. The Hall–Kier alpha value is -2.21. The van der Waals surface area contributed by atoms with Crippen molar-refractivity contribution in [1.29, 1.82) is 0 Å². The molecule has 0 aliphatic heterocycles. The van der Waals surface area contributed by atoms with E-state index in [4.69, 9.17) is 16.3 Å². The second kappa shape index (κ2) is 5.62. The van der Waals surface area contributed by atoms with Gasteiger partial charge in [-0.3, -0.25) is 10.1 Å². The van der Waals surface area contributed by atoms with E-state index in [9.17, 15) is 10.1 Å². The Bertz CT molecular complexity index is 619. The van der Waals surface area contributed by atoms with Crippen molar-refractivity contribution in [2.45, 2.75) is 13.3 Å². The SMILES string of the molecule is CCc1cccc(Oc2ncnc(Cl)c2[N+](=O)[O-])c1. The number of aromatic nitrogens is 2. The van der Waals surface area contributed by atoms with Crippen molar-refractivity contribution in [3.63, 3.8) is 0 Å². The van der Waals surface area contributed by atoms with Crippen LogP contribution < -0.4 is 4.74 Å². The second-order valence-corrected chi connectivity index (χ2v) is 4.04. The van der Waals surface area contributed by atoms with Gasteiger partial charge in [0.15, 0.2) is 0 Å². The Morgan fingerprint density at radius 2 is 2.21 bits per heavy atom. The lowest BCUT2D eigenvalue weighted by Gasteiger charge is -2.06. The number of halogens is 1. The van der Waals surface area contributed by atoms with Crippen LogP contribution in [0.3, 0.4) is 0 Å². The number of ether oxygens (including phenoxy) is 1. The quantitative estimate of drug-likeness (QED) is 0.487. The van der Waals surface area contributed by atoms with Gasteiger partial charge < -0.3 is 4.74 Å². The van der Waals surface area contributed by atoms with Gasteiger partial charge in [-0.15, -0.1) is 0 Å². The van der Waals surface area contributed by atoms with E-state index in [2.05, 4.69) is 9.97 Å². The third kappa shape index (κ3) is 2.97. The number of nitrogens with zero attached hydrogens (tertiary/aromatic N) is 3. The third-order valence-corrected chi connectivity index (χ3v) is 2.72. The summed E-state index contributed by atoms with van der Waals surface area (Å²) in [6, 6.07) is 7.23. The van der Waals surface area contributed by atoms with Crippen LogP contribution in [-0.2, 0) is 6.42 Å². The van der Waals surface area contributed by atoms with Gasteiger partial charge in [-0.05, 0) is 24.1 Å². The standard InChI is InChI=1S/C12H10ClN3O3/c1-2-8-4-3-5-9(6-8)19-12-10(16(17)18)11(13)14-7-15-12/h3-7H,2H2,1H3. The Labute approximate surface area is 114 Å². The fraction of sp³-hybridized carbons (Fsp3) is 0.167. The van der Waals surface area contributed by atoms with Crippen molar-refractivity contribution < 1.29 is 9.66 Å². The monoisotopic (exact) mass is 279 g/mol. The molecular weight excluding hydrogens is 270 g/mol. The molecule has 2 aromatic rings. The van der Waals surface area contributed by atoms with E-state index in [0.717, 1.165) is 18.3 Å². The maximum Gasteiger partial charge on any atom is 0.368 e. The van der Waals surface area contributed by atoms with Crippen LogP contribution in [0.2, 0.25) is 5.15 Å². The van der Waals surface area contributed by atoms with Gasteiger partial charge in [-0.1, -0.05) is 30.7 Å². The lowest BCUT2D eigenvalue weighted by Crippen LogP contribution is -1.98. The van der Waals surface area contributed by atoms with Crippen molar-refractivity contribution in [2.24, 2.45) is 0 Å². The van der Waals surface area contributed by atoms with Crippen molar-refractivity contribution in [1.82, 2.24) is 9.97 Å². The Morgan fingerprint density at radius 3 is 2.89 bits per heavy atom. The zero-order valence-electron chi connectivity index (χ0n) is 10.0. The van der Waals surface area contributed by atoms with Gasteiger partial charge in [0.2, 0.25) is 5.15 Å². The van der Waals surface area contributed by atoms with Crippen LogP contribution in [0.4, 0.5) is 5.69 Å². The second-order valence-electron chi connectivity index (χ2n) is 3.68. The lowest BCUT2D eigenvalue weighted by atomic mass is 10.2. The highest BCUT2D eigenvalue weighted by molar-refractivity contribution is 6.31. The van der Waals surface area contributed by atoms with Crippen molar-refractivity contribution in [3.05, 3.63) is 51.4 Å². The maximum absolute atomic E-state index is 10.9. The molecule has 0 spiro atoms. The summed E-state index contributed by atoms with van der Waals surface area (Å²) in [5, 5.41) is 10.7. The first kappa shape index (κ1) is 13.2. The molecule has 0 bridgehead atoms. The molecule has 19 heavy (non-hydrogen) atoms. The summed E-state index contributed by atoms with van der Waals surface area (Å²) in [6.07, 6.45) is 1.96. The molecule has 0 radical (unpaired) electrons. The molecule has 0 saturated heterocycles. The highest BCUT2D eigenvalue weighted by Gasteiger charge is 2.23. The number of rotatable bonds is 4. The normalized spacial score (nSPS) is 10.2. The summed E-state index contributed by atoms with van der Waals surface area (Å²) in [6.45, 7) is 2.00. The van der Waals surface area contributed by atoms with Crippen LogP contribution >= 0.6 is 11.6 Å². The number of aryl methyl sites for hydroxylation is 1. The Kier molecular flexibility index (Phi) is 3.91. The summed E-state index contributed by atoms with van der Waals surface area (Å²) in [4.78, 5) is 17.6. The van der Waals surface area contributed by atoms with Crippen molar-refractivity contribution >= 4 is 17.3 Å². The Morgan fingerprint density at radius 1 is 1.42 bits per heavy atom. The van der Waals surface area contributed by atoms with Crippen LogP contribution in [0.25, 0.3) is 0 Å². The summed E-state index contributed by atoms with van der Waals surface area (Å²) >= 11 is 5.68. The predicted octanol–water partition coefficient (Wildman–Crippen LogP) is 3.39. The van der Waals surface area contributed by atoms with E-state index in [0.29, 0.717) is 5.75 Å². The van der Waals surface area contributed by atoms with Gasteiger partial charge in [0.25, 0.3) is 0 Å². The van der Waals surface area contributed by atoms with Gasteiger partial charge in [-0.2, -0.15) is 4.98 Å². The fourth-order valence-electron chi connectivity index (χ4n) is 1.51. The molecule has 0 unspecified atom stereocenters. The van der Waals surface area contributed by atoms with Gasteiger partial charge in [0.1, 0.15) is 12.1 Å². The molecule has 0 saturated carbocycles. The number of hydrogen-bond donors (Lipinski definition) is 0. The largest absolute Gasteiger partial charge is 0.434 e. The zero-order chi connectivity index (χ0) is 13.8. The smallest absolute Gasteiger partial charge is 0.368 e. The first-order valence-electron chi connectivity index (χ1n) is 5.53. The van der Waals surface area contributed by atoms with Crippen molar-refractivity contribution in [3.8, 4) is 11.6 Å². The lowest BCUT2D eigenvalue weighted by molar-refractivity contribution is -0.386. The summed E-state index contributed by atoms with van der Waals surface area (Å²) in [7, 11) is 0. The zero-order valence-corrected chi connectivity index (χ0v) is 10.8. The molecule has 0 aliphatic rings. The van der Waals surface area contributed by atoms with Gasteiger partial charge in [0.05, 0.1) is 4.92 Å². The molecular formula is C12H10ClN3O3. The fourth-order valence-corrected chi connectivity index (χ4v) is 1.70. The molecule has 98 valence electrons. The molecule has 7 heteroatoms. The summed E-state index contributed by atoms with van der Waals surface area (Å²) < 4.78 is 5.42. The van der Waals surface area contributed by atoms with Crippen LogP contribution in [0.5, 0.6) is 11.6 Å². The third-order valence-electron chi connectivity index (χ3n) is 2.45. The average Bonchev–Trinajstić information content (AvgIpc) is 2.38. The number of benzene rings is 1. The number of nitro groups is 1. The first-order chi connectivity index (χ1) is 9.11. The van der Waals surface area contributed by atoms with E-state index >= 15 is 0 Å². The van der Waals surface area contributed by atoms with Crippen LogP contribution in [0, 0.1) is 10.1 Å². The van der Waals surface area contributed by atoms with Crippen LogP contribution in [0.1, 0.15) is 12.5 Å². The molecule has 1 aromatic heterocycles. The highest BCUT2D eigenvalue weighted by Crippen LogP contribution is 2.33. The predicted molar refractivity (Wildman–Crippen MR) is 69.6 cm³/mol. The van der Waals surface area contributed by atoms with E-state index in [1.165, 1.54) is 0 Å². The topological polar surface area (TPSA) is 78.2 Å². The molecule has 2 rings (SSSR count). The minimum absolute atomic E-state index is 0.168. The van der Waals surface area contributed by atoms with E-state index < -0.39 is 10.6 Å². The van der Waals surface area contributed by atoms with E-state index in [1.807, 2.05) is 19.1 Å². The molecule has 1 heterocycles. The van der Waals surface area contributed by atoms with Crippen LogP contribution in [-0.4, -0.2) is 14.9 Å². The van der Waals surface area contributed by atoms with Gasteiger partial charge >= 0.3 is 11.6 Å². The molecule has 0 atom stereocenters. The number of hydrogen-bond acceptors (Lipinski definition) is 5. The molecule has 1 aromatic carbocycles. The van der Waals surface area contributed by atoms with Gasteiger partial charge in [0, 0.05) is 0 Å². The Balaban J connectivity index is 2.38. The molecule has 0 amide bonds.